The fourth-order valence-corrected chi connectivity index (χ4v) is 4.11. The normalized spacial score (nSPS) is 11.7. The first-order valence-corrected chi connectivity index (χ1v) is 9.23. The molecule has 0 unspecified atom stereocenters. The molecule has 0 N–H and O–H groups in total. The summed E-state index contributed by atoms with van der Waals surface area (Å²) in [4.78, 5) is 4.56. The summed E-state index contributed by atoms with van der Waals surface area (Å²) in [5.41, 5.74) is 6.43. The Morgan fingerprint density at radius 1 is 0.889 bits per heavy atom. The van der Waals surface area contributed by atoms with E-state index in [2.05, 4.69) is 78.1 Å². The predicted octanol–water partition coefficient (Wildman–Crippen LogP) is 5.55. The van der Waals surface area contributed by atoms with Crippen molar-refractivity contribution in [3.8, 4) is 11.3 Å². The van der Waals surface area contributed by atoms with Crippen LogP contribution in [0.5, 0.6) is 0 Å². The summed E-state index contributed by atoms with van der Waals surface area (Å²) in [5.74, 6) is 1.00. The summed E-state index contributed by atoms with van der Waals surface area (Å²) in [6, 6.07) is 19.2. The van der Waals surface area contributed by atoms with Gasteiger partial charge in [0, 0.05) is 41.8 Å². The Morgan fingerprint density at radius 3 is 2.56 bits per heavy atom. The van der Waals surface area contributed by atoms with Crippen LogP contribution in [0.3, 0.4) is 0 Å². The quantitative estimate of drug-likeness (QED) is 0.370. The summed E-state index contributed by atoms with van der Waals surface area (Å²) in [5, 5.41) is 4.85. The lowest BCUT2D eigenvalue weighted by Crippen LogP contribution is -2.36. The molecule has 3 nitrogen and oxygen atoms in total. The molecular weight excluding hydrogens is 332 g/mol. The first-order chi connectivity index (χ1) is 13.0. The van der Waals surface area contributed by atoms with Gasteiger partial charge in [0.1, 0.15) is 16.9 Å². The van der Waals surface area contributed by atoms with E-state index in [0.29, 0.717) is 0 Å². The SMILES string of the molecule is Cc1cc(-c2ccc3c(oc4ccc5ccccc5c43)c2C)[n+](C)c(C)n1. The van der Waals surface area contributed by atoms with Gasteiger partial charge in [-0.05, 0) is 35.9 Å². The van der Waals surface area contributed by atoms with Crippen molar-refractivity contribution in [1.29, 1.82) is 0 Å². The number of aromatic nitrogens is 2. The molecule has 0 spiro atoms. The Bertz CT molecular complexity index is 1360. The van der Waals surface area contributed by atoms with Crippen LogP contribution in [0.15, 0.2) is 59.0 Å². The van der Waals surface area contributed by atoms with Crippen molar-refractivity contribution < 1.29 is 8.98 Å². The van der Waals surface area contributed by atoms with Crippen LogP contribution in [0.25, 0.3) is 44.0 Å². The molecule has 0 fully saturated rings. The van der Waals surface area contributed by atoms with Crippen LogP contribution in [-0.2, 0) is 7.05 Å². The van der Waals surface area contributed by atoms with Crippen molar-refractivity contribution in [2.75, 3.05) is 0 Å². The number of benzene rings is 3. The Kier molecular flexibility index (Phi) is 3.35. The smallest absolute Gasteiger partial charge is 0.295 e. The number of furan rings is 1. The first-order valence-electron chi connectivity index (χ1n) is 9.23. The van der Waals surface area contributed by atoms with Gasteiger partial charge in [-0.2, -0.15) is 0 Å². The molecule has 2 heterocycles. The summed E-state index contributed by atoms with van der Waals surface area (Å²) in [6.07, 6.45) is 0. The van der Waals surface area contributed by atoms with Gasteiger partial charge < -0.3 is 4.42 Å². The van der Waals surface area contributed by atoms with E-state index < -0.39 is 0 Å². The highest BCUT2D eigenvalue weighted by Crippen LogP contribution is 2.38. The summed E-state index contributed by atoms with van der Waals surface area (Å²) in [6.45, 7) is 6.22. The van der Waals surface area contributed by atoms with E-state index in [1.54, 1.807) is 0 Å². The number of fused-ring (bicyclic) bond motifs is 5. The third-order valence-corrected chi connectivity index (χ3v) is 5.58. The van der Waals surface area contributed by atoms with Crippen molar-refractivity contribution in [1.82, 2.24) is 4.98 Å². The molecule has 2 aromatic heterocycles. The second-order valence-electron chi connectivity index (χ2n) is 7.27. The second kappa shape index (κ2) is 5.65. The topological polar surface area (TPSA) is 29.9 Å². The number of hydrogen-bond donors (Lipinski definition) is 0. The molecule has 0 saturated heterocycles. The Hall–Kier alpha value is -3.20. The molecule has 3 aromatic carbocycles. The van der Waals surface area contributed by atoms with Crippen molar-refractivity contribution in [2.45, 2.75) is 20.8 Å². The first kappa shape index (κ1) is 16.0. The fourth-order valence-electron chi connectivity index (χ4n) is 4.11. The molecule has 0 amide bonds. The molecule has 0 radical (unpaired) electrons. The monoisotopic (exact) mass is 353 g/mol. The zero-order chi connectivity index (χ0) is 18.7. The molecule has 0 saturated carbocycles. The molecule has 5 aromatic rings. The average molecular weight is 353 g/mol. The van der Waals surface area contributed by atoms with Crippen LogP contribution < -0.4 is 4.57 Å². The standard InChI is InChI=1S/C24H21N2O/c1-14-13-21(26(4)16(3)25-14)18-10-11-20-23-19-8-6-5-7-17(19)9-12-22(23)27-24(20)15(18)2/h5-13H,1-4H3/q+1. The van der Waals surface area contributed by atoms with Crippen LogP contribution >= 0.6 is 0 Å². The molecule has 0 atom stereocenters. The summed E-state index contributed by atoms with van der Waals surface area (Å²) in [7, 11) is 2.06. The molecule has 27 heavy (non-hydrogen) atoms. The van der Waals surface area contributed by atoms with Gasteiger partial charge in [0.2, 0.25) is 0 Å². The fraction of sp³-hybridized carbons (Fsp3) is 0.167. The number of aryl methyl sites for hydroxylation is 3. The van der Waals surface area contributed by atoms with Gasteiger partial charge in [-0.25, -0.2) is 4.57 Å². The number of hydrogen-bond acceptors (Lipinski definition) is 2. The molecule has 0 aliphatic rings. The minimum atomic E-state index is 0.940. The lowest BCUT2D eigenvalue weighted by Gasteiger charge is -2.08. The zero-order valence-electron chi connectivity index (χ0n) is 16.0. The van der Waals surface area contributed by atoms with Crippen LogP contribution in [0.4, 0.5) is 0 Å². The van der Waals surface area contributed by atoms with Crippen LogP contribution in [0.1, 0.15) is 17.1 Å². The highest BCUT2D eigenvalue weighted by molar-refractivity contribution is 6.19. The van der Waals surface area contributed by atoms with Crippen LogP contribution in [0, 0.1) is 20.8 Å². The van der Waals surface area contributed by atoms with Crippen LogP contribution in [0.2, 0.25) is 0 Å². The van der Waals surface area contributed by atoms with Gasteiger partial charge in [-0.1, -0.05) is 35.3 Å². The highest BCUT2D eigenvalue weighted by Gasteiger charge is 2.19. The number of rotatable bonds is 1. The van der Waals surface area contributed by atoms with E-state index in [1.807, 2.05) is 13.8 Å². The molecule has 3 heteroatoms. The lowest BCUT2D eigenvalue weighted by atomic mass is 9.99. The maximum absolute atomic E-state index is 6.33. The average Bonchev–Trinajstić information content (AvgIpc) is 3.05. The molecule has 132 valence electrons. The number of nitrogens with zero attached hydrogens (tertiary/aromatic N) is 2. The maximum Gasteiger partial charge on any atom is 0.295 e. The van der Waals surface area contributed by atoms with Crippen molar-refractivity contribution in [3.05, 3.63) is 71.7 Å². The predicted molar refractivity (Wildman–Crippen MR) is 110 cm³/mol. The van der Waals surface area contributed by atoms with E-state index in [0.717, 1.165) is 33.9 Å². The van der Waals surface area contributed by atoms with Crippen molar-refractivity contribution in [3.63, 3.8) is 0 Å². The van der Waals surface area contributed by atoms with Gasteiger partial charge in [0.25, 0.3) is 5.82 Å². The van der Waals surface area contributed by atoms with Gasteiger partial charge in [0.15, 0.2) is 5.69 Å². The third kappa shape index (κ3) is 2.28. The summed E-state index contributed by atoms with van der Waals surface area (Å²) >= 11 is 0. The van der Waals surface area contributed by atoms with Gasteiger partial charge >= 0.3 is 0 Å². The minimum absolute atomic E-state index is 0.940. The van der Waals surface area contributed by atoms with E-state index in [-0.39, 0.29) is 0 Å². The van der Waals surface area contributed by atoms with Gasteiger partial charge in [-0.3, -0.25) is 0 Å². The third-order valence-electron chi connectivity index (χ3n) is 5.58. The van der Waals surface area contributed by atoms with Crippen molar-refractivity contribution >= 4 is 32.7 Å². The second-order valence-corrected chi connectivity index (χ2v) is 7.27. The molecular formula is C24H21N2O+. The van der Waals surface area contributed by atoms with E-state index in [4.69, 9.17) is 4.42 Å². The molecule has 0 bridgehead atoms. The Labute approximate surface area is 157 Å². The zero-order valence-corrected chi connectivity index (χ0v) is 16.0. The lowest BCUT2D eigenvalue weighted by molar-refractivity contribution is -0.670. The van der Waals surface area contributed by atoms with E-state index >= 15 is 0 Å². The summed E-state index contributed by atoms with van der Waals surface area (Å²) < 4.78 is 8.47. The van der Waals surface area contributed by atoms with E-state index in [9.17, 15) is 0 Å². The Morgan fingerprint density at radius 2 is 1.70 bits per heavy atom. The maximum atomic E-state index is 6.33. The van der Waals surface area contributed by atoms with Crippen LogP contribution in [-0.4, -0.2) is 4.98 Å². The molecule has 0 aliphatic heterocycles. The molecule has 5 rings (SSSR count). The van der Waals surface area contributed by atoms with Gasteiger partial charge in [0.05, 0.1) is 7.05 Å². The van der Waals surface area contributed by atoms with E-state index in [1.165, 1.54) is 27.1 Å². The Balaban J connectivity index is 1.87. The molecule has 0 aliphatic carbocycles. The van der Waals surface area contributed by atoms with Gasteiger partial charge in [-0.15, -0.1) is 0 Å². The highest BCUT2D eigenvalue weighted by atomic mass is 16.3. The minimum Gasteiger partial charge on any atom is -0.456 e. The van der Waals surface area contributed by atoms with Crippen molar-refractivity contribution in [2.24, 2.45) is 7.05 Å². The largest absolute Gasteiger partial charge is 0.456 e.